The topological polar surface area (TPSA) is 21.3 Å². The third kappa shape index (κ3) is 1.96. The zero-order valence-electron chi connectivity index (χ0n) is 8.89. The second-order valence-corrected chi connectivity index (χ2v) is 5.05. The van der Waals surface area contributed by atoms with Gasteiger partial charge in [-0.05, 0) is 18.2 Å². The molecule has 0 saturated heterocycles. The number of nitrogens with one attached hydrogen (secondary N) is 1. The molecule has 0 aromatic heterocycles. The van der Waals surface area contributed by atoms with Gasteiger partial charge in [-0.1, -0.05) is 42.1 Å². The van der Waals surface area contributed by atoms with Crippen molar-refractivity contribution in [1.29, 1.82) is 0 Å². The summed E-state index contributed by atoms with van der Waals surface area (Å²) in [5.41, 5.74) is 2.22. The molecule has 2 aromatic carbocycles. The molecule has 86 valence electrons. The van der Waals surface area contributed by atoms with Gasteiger partial charge in [-0.3, -0.25) is 0 Å². The van der Waals surface area contributed by atoms with Crippen LogP contribution in [0.1, 0.15) is 10.9 Å². The number of para-hydroxylation sites is 2. The van der Waals surface area contributed by atoms with Gasteiger partial charge in [0.05, 0.1) is 0 Å². The maximum Gasteiger partial charge on any atom is 0.152 e. The highest BCUT2D eigenvalue weighted by molar-refractivity contribution is 8.00. The van der Waals surface area contributed by atoms with E-state index >= 15 is 0 Å². The van der Waals surface area contributed by atoms with Crippen LogP contribution >= 0.6 is 23.6 Å². The van der Waals surface area contributed by atoms with E-state index in [1.54, 1.807) is 11.8 Å². The standard InChI is InChI=1S/C13H10ClNOS/c14-16-11-7-3-1-5-9(11)13-15-10-6-2-4-8-12(10)17-13/h1-8,13,15H. The highest BCUT2D eigenvalue weighted by Gasteiger charge is 2.24. The third-order valence-electron chi connectivity index (χ3n) is 2.70. The van der Waals surface area contributed by atoms with E-state index < -0.39 is 0 Å². The van der Waals surface area contributed by atoms with Crippen LogP contribution in [0.2, 0.25) is 0 Å². The van der Waals surface area contributed by atoms with Crippen LogP contribution < -0.4 is 9.61 Å². The van der Waals surface area contributed by atoms with E-state index in [0.717, 1.165) is 11.3 Å². The Hall–Kier alpha value is -1.32. The summed E-state index contributed by atoms with van der Waals surface area (Å²) in [6.07, 6.45) is 0. The molecule has 3 rings (SSSR count). The van der Waals surface area contributed by atoms with E-state index in [-0.39, 0.29) is 5.37 Å². The highest BCUT2D eigenvalue weighted by atomic mass is 35.5. The van der Waals surface area contributed by atoms with E-state index in [9.17, 15) is 0 Å². The molecule has 0 bridgehead atoms. The molecule has 1 atom stereocenters. The van der Waals surface area contributed by atoms with E-state index in [1.165, 1.54) is 4.90 Å². The molecule has 2 aromatic rings. The van der Waals surface area contributed by atoms with Crippen molar-refractivity contribution >= 4 is 29.3 Å². The lowest BCUT2D eigenvalue weighted by molar-refractivity contribution is 0.609. The minimum Gasteiger partial charge on any atom is -0.385 e. The molecule has 17 heavy (non-hydrogen) atoms. The van der Waals surface area contributed by atoms with E-state index in [2.05, 4.69) is 17.4 Å². The van der Waals surface area contributed by atoms with Crippen LogP contribution in [0.5, 0.6) is 5.75 Å². The SMILES string of the molecule is ClOc1ccccc1C1Nc2ccccc2S1. The third-order valence-corrected chi connectivity index (χ3v) is 4.09. The molecule has 0 aliphatic carbocycles. The van der Waals surface area contributed by atoms with Gasteiger partial charge >= 0.3 is 0 Å². The minimum absolute atomic E-state index is 0.155. The number of thioether (sulfide) groups is 1. The molecule has 0 spiro atoms. The molecule has 0 amide bonds. The van der Waals surface area contributed by atoms with Crippen molar-refractivity contribution in [3.63, 3.8) is 0 Å². The summed E-state index contributed by atoms with van der Waals surface area (Å²) in [7, 11) is 0. The molecule has 0 radical (unpaired) electrons. The Morgan fingerprint density at radius 3 is 2.65 bits per heavy atom. The number of hydrogen-bond donors (Lipinski definition) is 1. The summed E-state index contributed by atoms with van der Waals surface area (Å²) in [5, 5.41) is 3.60. The van der Waals surface area contributed by atoms with Gasteiger partial charge in [0.2, 0.25) is 0 Å². The lowest BCUT2D eigenvalue weighted by atomic mass is 10.2. The lowest BCUT2D eigenvalue weighted by Gasteiger charge is -2.13. The smallest absolute Gasteiger partial charge is 0.152 e. The molecule has 2 nitrogen and oxygen atoms in total. The van der Waals surface area contributed by atoms with Gasteiger partial charge in [0.15, 0.2) is 5.75 Å². The molecule has 4 heteroatoms. The van der Waals surface area contributed by atoms with Gasteiger partial charge in [-0.15, -0.1) is 0 Å². The monoisotopic (exact) mass is 263 g/mol. The van der Waals surface area contributed by atoms with Crippen LogP contribution in [-0.4, -0.2) is 0 Å². The maximum atomic E-state index is 5.48. The average Bonchev–Trinajstić information content (AvgIpc) is 2.82. The largest absolute Gasteiger partial charge is 0.385 e. The molecule has 1 aliphatic heterocycles. The van der Waals surface area contributed by atoms with Crippen molar-refractivity contribution in [3.8, 4) is 5.75 Å². The predicted molar refractivity (Wildman–Crippen MR) is 71.6 cm³/mol. The summed E-state index contributed by atoms with van der Waals surface area (Å²) in [6.45, 7) is 0. The van der Waals surface area contributed by atoms with E-state index in [0.29, 0.717) is 5.75 Å². The van der Waals surface area contributed by atoms with Crippen LogP contribution in [0, 0.1) is 0 Å². The van der Waals surface area contributed by atoms with Crippen molar-refractivity contribution < 1.29 is 4.29 Å². The van der Waals surface area contributed by atoms with Crippen molar-refractivity contribution in [2.75, 3.05) is 5.32 Å². The highest BCUT2D eigenvalue weighted by Crippen LogP contribution is 2.48. The Balaban J connectivity index is 1.94. The first kappa shape index (κ1) is 10.8. The Morgan fingerprint density at radius 2 is 1.82 bits per heavy atom. The first-order valence-corrected chi connectivity index (χ1v) is 6.47. The van der Waals surface area contributed by atoms with Crippen molar-refractivity contribution in [2.45, 2.75) is 10.3 Å². The number of hydrogen-bond acceptors (Lipinski definition) is 3. The Kier molecular flexibility index (Phi) is 2.87. The zero-order chi connectivity index (χ0) is 11.7. The molecule has 1 unspecified atom stereocenters. The van der Waals surface area contributed by atoms with Gasteiger partial charge in [0.25, 0.3) is 0 Å². The van der Waals surface area contributed by atoms with E-state index in [1.807, 2.05) is 36.4 Å². The Morgan fingerprint density at radius 1 is 1.06 bits per heavy atom. The minimum atomic E-state index is 0.155. The Bertz CT molecular complexity index is 521. The van der Waals surface area contributed by atoms with Gasteiger partial charge < -0.3 is 9.61 Å². The maximum absolute atomic E-state index is 5.48. The zero-order valence-corrected chi connectivity index (χ0v) is 10.5. The van der Waals surface area contributed by atoms with Crippen LogP contribution in [0.4, 0.5) is 5.69 Å². The summed E-state index contributed by atoms with van der Waals surface area (Å²) in [5.74, 6) is 0.701. The second-order valence-electron chi connectivity index (χ2n) is 3.75. The number of anilines is 1. The van der Waals surface area contributed by atoms with Crippen molar-refractivity contribution in [1.82, 2.24) is 0 Å². The summed E-state index contributed by atoms with van der Waals surface area (Å²) in [4.78, 5) is 1.25. The van der Waals surface area contributed by atoms with Gasteiger partial charge in [-0.25, -0.2) is 0 Å². The van der Waals surface area contributed by atoms with Crippen LogP contribution in [0.25, 0.3) is 0 Å². The number of halogens is 1. The fourth-order valence-corrected chi connectivity index (χ4v) is 3.21. The number of rotatable bonds is 2. The molecule has 0 saturated carbocycles. The van der Waals surface area contributed by atoms with Crippen LogP contribution in [-0.2, 0) is 0 Å². The molecule has 1 aliphatic rings. The van der Waals surface area contributed by atoms with Crippen LogP contribution in [0.3, 0.4) is 0 Å². The van der Waals surface area contributed by atoms with Crippen LogP contribution in [0.15, 0.2) is 53.4 Å². The fraction of sp³-hybridized carbons (Fsp3) is 0.0769. The quantitative estimate of drug-likeness (QED) is 0.866. The average molecular weight is 264 g/mol. The summed E-state index contributed by atoms with van der Waals surface area (Å²) >= 11 is 7.25. The normalized spacial score (nSPS) is 17.4. The lowest BCUT2D eigenvalue weighted by Crippen LogP contribution is -2.02. The molecular formula is C13H10ClNOS. The van der Waals surface area contributed by atoms with Gasteiger partial charge in [-0.2, -0.15) is 0 Å². The fourth-order valence-electron chi connectivity index (χ4n) is 1.89. The van der Waals surface area contributed by atoms with Gasteiger partial charge in [0, 0.05) is 16.1 Å². The van der Waals surface area contributed by atoms with E-state index in [4.69, 9.17) is 16.2 Å². The predicted octanol–water partition coefficient (Wildman–Crippen LogP) is 4.44. The first-order chi connectivity index (χ1) is 8.38. The first-order valence-electron chi connectivity index (χ1n) is 5.28. The molecular weight excluding hydrogens is 254 g/mol. The van der Waals surface area contributed by atoms with Crippen molar-refractivity contribution in [2.24, 2.45) is 0 Å². The number of fused-ring (bicyclic) bond motifs is 1. The van der Waals surface area contributed by atoms with Gasteiger partial charge in [0.1, 0.15) is 17.2 Å². The molecule has 0 fully saturated rings. The molecule has 1 N–H and O–H groups in total. The summed E-state index contributed by atoms with van der Waals surface area (Å²) in [6, 6.07) is 16.0. The molecule has 1 heterocycles. The number of benzene rings is 2. The Labute approximate surface area is 109 Å². The summed E-state index contributed by atoms with van der Waals surface area (Å²) < 4.78 is 4.88. The van der Waals surface area contributed by atoms with Crippen molar-refractivity contribution in [3.05, 3.63) is 54.1 Å². The second kappa shape index (κ2) is 4.51.